The third-order valence-corrected chi connectivity index (χ3v) is 4.47. The highest BCUT2D eigenvalue weighted by Gasteiger charge is 2.08. The van der Waals surface area contributed by atoms with Gasteiger partial charge in [0, 0.05) is 17.8 Å². The lowest BCUT2D eigenvalue weighted by molar-refractivity contribution is 0.0951. The molecule has 1 N–H and O–H groups in total. The summed E-state index contributed by atoms with van der Waals surface area (Å²) in [5, 5.41) is 2.94. The summed E-state index contributed by atoms with van der Waals surface area (Å²) in [5.41, 5.74) is 4.59. The van der Waals surface area contributed by atoms with Crippen LogP contribution >= 0.6 is 0 Å². The standard InChI is InChI=1S/C22H19N3O2/c1-27-19-12-6-16(7-13-19)14-23-22(26)17-8-10-18(11-9-17)25-15-24-20-4-2-3-5-21(20)25/h2-13,15H,14H2,1H3,(H,23,26). The molecule has 1 heterocycles. The van der Waals surface area contributed by atoms with Gasteiger partial charge in [-0.25, -0.2) is 4.98 Å². The number of aromatic nitrogens is 2. The zero-order valence-electron chi connectivity index (χ0n) is 14.9. The zero-order valence-corrected chi connectivity index (χ0v) is 14.9. The fraction of sp³-hybridized carbons (Fsp3) is 0.0909. The van der Waals surface area contributed by atoms with Crippen LogP contribution in [0.3, 0.4) is 0 Å². The number of hydrogen-bond donors (Lipinski definition) is 1. The molecule has 1 amide bonds. The number of rotatable bonds is 5. The van der Waals surface area contributed by atoms with Gasteiger partial charge in [0.25, 0.3) is 5.91 Å². The number of para-hydroxylation sites is 2. The largest absolute Gasteiger partial charge is 0.497 e. The van der Waals surface area contributed by atoms with Gasteiger partial charge < -0.3 is 10.1 Å². The predicted molar refractivity (Wildman–Crippen MR) is 105 cm³/mol. The van der Waals surface area contributed by atoms with E-state index in [1.807, 2.05) is 77.4 Å². The van der Waals surface area contributed by atoms with Gasteiger partial charge in [-0.1, -0.05) is 24.3 Å². The molecular formula is C22H19N3O2. The van der Waals surface area contributed by atoms with Crippen LogP contribution in [0.25, 0.3) is 16.7 Å². The van der Waals surface area contributed by atoms with Crippen molar-refractivity contribution in [3.8, 4) is 11.4 Å². The van der Waals surface area contributed by atoms with E-state index in [0.29, 0.717) is 12.1 Å². The molecule has 0 bridgehead atoms. The molecule has 0 aliphatic rings. The molecule has 0 radical (unpaired) electrons. The van der Waals surface area contributed by atoms with Crippen LogP contribution in [0.2, 0.25) is 0 Å². The van der Waals surface area contributed by atoms with Crippen LogP contribution in [0.4, 0.5) is 0 Å². The van der Waals surface area contributed by atoms with E-state index in [4.69, 9.17) is 4.74 Å². The van der Waals surface area contributed by atoms with Gasteiger partial charge in [0.2, 0.25) is 0 Å². The quantitative estimate of drug-likeness (QED) is 0.588. The zero-order chi connectivity index (χ0) is 18.6. The molecular weight excluding hydrogens is 338 g/mol. The number of amides is 1. The van der Waals surface area contributed by atoms with E-state index in [2.05, 4.69) is 10.3 Å². The number of hydrogen-bond acceptors (Lipinski definition) is 3. The van der Waals surface area contributed by atoms with Gasteiger partial charge in [-0.3, -0.25) is 9.36 Å². The monoisotopic (exact) mass is 357 g/mol. The Morgan fingerprint density at radius 2 is 1.74 bits per heavy atom. The lowest BCUT2D eigenvalue weighted by Gasteiger charge is -2.08. The fourth-order valence-corrected chi connectivity index (χ4v) is 2.97. The average Bonchev–Trinajstić information content (AvgIpc) is 3.16. The summed E-state index contributed by atoms with van der Waals surface area (Å²) in [4.78, 5) is 16.8. The predicted octanol–water partition coefficient (Wildman–Crippen LogP) is 3.96. The van der Waals surface area contributed by atoms with E-state index in [0.717, 1.165) is 28.0 Å². The summed E-state index contributed by atoms with van der Waals surface area (Å²) in [6.45, 7) is 0.469. The minimum Gasteiger partial charge on any atom is -0.497 e. The molecule has 0 unspecified atom stereocenters. The van der Waals surface area contributed by atoms with Crippen molar-refractivity contribution in [1.29, 1.82) is 0 Å². The summed E-state index contributed by atoms with van der Waals surface area (Å²) < 4.78 is 7.15. The maximum atomic E-state index is 12.4. The highest BCUT2D eigenvalue weighted by atomic mass is 16.5. The SMILES string of the molecule is COc1ccc(CNC(=O)c2ccc(-n3cnc4ccccc43)cc2)cc1. The molecule has 0 spiro atoms. The van der Waals surface area contributed by atoms with E-state index in [9.17, 15) is 4.79 Å². The first kappa shape index (κ1) is 16.8. The third kappa shape index (κ3) is 3.53. The first-order valence-electron chi connectivity index (χ1n) is 8.68. The average molecular weight is 357 g/mol. The molecule has 5 nitrogen and oxygen atoms in total. The second-order valence-electron chi connectivity index (χ2n) is 6.18. The lowest BCUT2D eigenvalue weighted by Crippen LogP contribution is -2.22. The van der Waals surface area contributed by atoms with Crippen LogP contribution in [-0.4, -0.2) is 22.6 Å². The maximum Gasteiger partial charge on any atom is 0.251 e. The summed E-state index contributed by atoms with van der Waals surface area (Å²) in [7, 11) is 1.63. The molecule has 0 saturated carbocycles. The van der Waals surface area contributed by atoms with Crippen LogP contribution < -0.4 is 10.1 Å². The Kier molecular flexibility index (Phi) is 4.58. The molecule has 27 heavy (non-hydrogen) atoms. The number of benzene rings is 3. The van der Waals surface area contributed by atoms with Crippen molar-refractivity contribution in [2.75, 3.05) is 7.11 Å². The summed E-state index contributed by atoms with van der Waals surface area (Å²) in [6.07, 6.45) is 1.80. The van der Waals surface area contributed by atoms with Crippen molar-refractivity contribution in [2.45, 2.75) is 6.54 Å². The highest BCUT2D eigenvalue weighted by molar-refractivity contribution is 5.94. The Bertz CT molecular complexity index is 1070. The van der Waals surface area contributed by atoms with Crippen molar-refractivity contribution < 1.29 is 9.53 Å². The summed E-state index contributed by atoms with van der Waals surface area (Å²) in [5.74, 6) is 0.695. The molecule has 134 valence electrons. The fourth-order valence-electron chi connectivity index (χ4n) is 2.97. The Hall–Kier alpha value is -3.60. The molecule has 5 heteroatoms. The van der Waals surface area contributed by atoms with E-state index in [1.54, 1.807) is 13.4 Å². The minimum atomic E-state index is -0.104. The van der Waals surface area contributed by atoms with Crippen molar-refractivity contribution in [1.82, 2.24) is 14.9 Å². The Morgan fingerprint density at radius 3 is 2.48 bits per heavy atom. The number of methoxy groups -OCH3 is 1. The van der Waals surface area contributed by atoms with Gasteiger partial charge in [-0.2, -0.15) is 0 Å². The van der Waals surface area contributed by atoms with Gasteiger partial charge >= 0.3 is 0 Å². The molecule has 1 aromatic heterocycles. The topological polar surface area (TPSA) is 56.1 Å². The van der Waals surface area contributed by atoms with E-state index in [-0.39, 0.29) is 5.91 Å². The lowest BCUT2D eigenvalue weighted by atomic mass is 10.1. The number of ether oxygens (including phenoxy) is 1. The molecule has 0 aliphatic carbocycles. The number of carbonyl (C=O) groups is 1. The van der Waals surface area contributed by atoms with Gasteiger partial charge in [-0.15, -0.1) is 0 Å². The highest BCUT2D eigenvalue weighted by Crippen LogP contribution is 2.18. The number of nitrogens with one attached hydrogen (secondary N) is 1. The van der Waals surface area contributed by atoms with Crippen LogP contribution in [0.1, 0.15) is 15.9 Å². The van der Waals surface area contributed by atoms with Crippen molar-refractivity contribution in [3.05, 3.63) is 90.3 Å². The summed E-state index contributed by atoms with van der Waals surface area (Å²) >= 11 is 0. The molecule has 0 saturated heterocycles. The molecule has 4 rings (SSSR count). The van der Waals surface area contributed by atoms with Crippen molar-refractivity contribution >= 4 is 16.9 Å². The number of nitrogens with zero attached hydrogens (tertiary/aromatic N) is 2. The summed E-state index contributed by atoms with van der Waals surface area (Å²) in [6, 6.07) is 23.1. The second kappa shape index (κ2) is 7.33. The van der Waals surface area contributed by atoms with Crippen LogP contribution in [-0.2, 0) is 6.54 Å². The first-order valence-corrected chi connectivity index (χ1v) is 8.68. The van der Waals surface area contributed by atoms with E-state index < -0.39 is 0 Å². The third-order valence-electron chi connectivity index (χ3n) is 4.47. The van der Waals surface area contributed by atoms with Crippen molar-refractivity contribution in [3.63, 3.8) is 0 Å². The molecule has 0 aliphatic heterocycles. The second-order valence-corrected chi connectivity index (χ2v) is 6.18. The Morgan fingerprint density at radius 1 is 1.00 bits per heavy atom. The van der Waals surface area contributed by atoms with Gasteiger partial charge in [0.05, 0.1) is 18.1 Å². The Balaban J connectivity index is 1.45. The first-order chi connectivity index (χ1) is 13.2. The maximum absolute atomic E-state index is 12.4. The van der Waals surface area contributed by atoms with E-state index >= 15 is 0 Å². The van der Waals surface area contributed by atoms with Crippen LogP contribution in [0, 0.1) is 0 Å². The number of imidazole rings is 1. The molecule has 0 fully saturated rings. The molecule has 3 aromatic carbocycles. The normalized spacial score (nSPS) is 10.7. The molecule has 4 aromatic rings. The van der Waals surface area contributed by atoms with Gasteiger partial charge in [0.1, 0.15) is 12.1 Å². The Labute approximate surface area is 157 Å². The van der Waals surface area contributed by atoms with Crippen molar-refractivity contribution in [2.24, 2.45) is 0 Å². The number of fused-ring (bicyclic) bond motifs is 1. The minimum absolute atomic E-state index is 0.104. The van der Waals surface area contributed by atoms with Gasteiger partial charge in [-0.05, 0) is 54.1 Å². The molecule has 0 atom stereocenters. The van der Waals surface area contributed by atoms with Gasteiger partial charge in [0.15, 0.2) is 0 Å². The number of carbonyl (C=O) groups excluding carboxylic acids is 1. The smallest absolute Gasteiger partial charge is 0.251 e. The van der Waals surface area contributed by atoms with Crippen LogP contribution in [0.5, 0.6) is 5.75 Å². The van der Waals surface area contributed by atoms with E-state index in [1.165, 1.54) is 0 Å². The van der Waals surface area contributed by atoms with Crippen LogP contribution in [0.15, 0.2) is 79.1 Å².